The summed E-state index contributed by atoms with van der Waals surface area (Å²) in [7, 11) is 0. The normalized spacial score (nSPS) is 53.7. The van der Waals surface area contributed by atoms with Crippen molar-refractivity contribution in [3.63, 3.8) is 0 Å². The van der Waals surface area contributed by atoms with Gasteiger partial charge < -0.3 is 169 Å². The molecule has 7 saturated heterocycles. The average molecular weight is 1090 g/mol. The number of hydrogen-bond acceptors (Lipinski definition) is 34. The van der Waals surface area contributed by atoms with Crippen LogP contribution in [0.3, 0.4) is 0 Å². The molecular weight excluding hydrogens is 1020 g/mol. The van der Waals surface area contributed by atoms with Crippen molar-refractivity contribution in [3.05, 3.63) is 0 Å². The molecule has 0 saturated carbocycles. The van der Waals surface area contributed by atoms with Gasteiger partial charge in [-0.1, -0.05) is 0 Å². The summed E-state index contributed by atoms with van der Waals surface area (Å²) in [6.45, 7) is -5.80. The van der Waals surface area contributed by atoms with Gasteiger partial charge in [0.1, 0.15) is 159 Å². The van der Waals surface area contributed by atoms with Crippen molar-refractivity contribution in [1.29, 1.82) is 0 Å². The quantitative estimate of drug-likeness (QED) is 0.0643. The van der Waals surface area contributed by atoms with Crippen LogP contribution in [-0.4, -0.2) is 356 Å². The molecule has 432 valence electrons. The van der Waals surface area contributed by atoms with Crippen LogP contribution >= 0.6 is 0 Å². The van der Waals surface area contributed by atoms with Crippen molar-refractivity contribution in [2.75, 3.05) is 46.2 Å². The molecule has 0 aromatic carbocycles. The monoisotopic (exact) mass is 1090 g/mol. The molecule has 0 spiro atoms. The van der Waals surface area contributed by atoms with Crippen molar-refractivity contribution >= 4 is 0 Å². The lowest BCUT2D eigenvalue weighted by molar-refractivity contribution is -0.394. The molecule has 7 rings (SSSR count). The third kappa shape index (κ3) is 12.6. The highest BCUT2D eigenvalue weighted by molar-refractivity contribution is 4.99. The zero-order chi connectivity index (χ0) is 54.2. The van der Waals surface area contributed by atoms with E-state index < -0.39 is 249 Å². The lowest BCUT2D eigenvalue weighted by Crippen LogP contribution is -2.68. The molecule has 34 nitrogen and oxygen atoms in total. The molecule has 7 fully saturated rings. The van der Waals surface area contributed by atoms with Gasteiger partial charge in [0.25, 0.3) is 0 Å². The molecule has 0 bridgehead atoms. The van der Waals surface area contributed by atoms with Gasteiger partial charge in [0.2, 0.25) is 0 Å². The van der Waals surface area contributed by atoms with Gasteiger partial charge in [-0.05, 0) is 0 Å². The first kappa shape index (κ1) is 60.3. The van der Waals surface area contributed by atoms with E-state index in [0.717, 1.165) is 0 Å². The van der Waals surface area contributed by atoms with E-state index in [-0.39, 0.29) is 0 Å². The van der Waals surface area contributed by atoms with Crippen LogP contribution in [0.5, 0.6) is 0 Å². The van der Waals surface area contributed by atoms with Crippen molar-refractivity contribution in [2.45, 2.75) is 203 Å². The van der Waals surface area contributed by atoms with Crippen LogP contribution in [0.25, 0.3) is 0 Å². The second-order valence-electron chi connectivity index (χ2n) is 18.8. The molecule has 0 aromatic rings. The van der Waals surface area contributed by atoms with E-state index >= 15 is 0 Å². The first-order valence-corrected chi connectivity index (χ1v) is 23.5. The molecule has 1 unspecified atom stereocenters. The molecule has 33 atom stereocenters. The Balaban J connectivity index is 1.16. The number of rotatable bonds is 17. The van der Waals surface area contributed by atoms with Gasteiger partial charge in [-0.2, -0.15) is 0 Å². The van der Waals surface area contributed by atoms with Gasteiger partial charge in [0.05, 0.1) is 46.2 Å². The maximum Gasteiger partial charge on any atom is 0.187 e. The highest BCUT2D eigenvalue weighted by atomic mass is 16.8. The SMILES string of the molecule is OC[C@H]1O[C@@H](O[C@H]2[C@@H](OC[C@H]3O[C@@H](O[C@H]4[C@H](O)[C@@H](O)C(O)O[C@@H]4CO)[C@H](O)[C@@H](O)[C@@H]3O[C@@H]3O[C@H](CO[C@H]4OC[C@@H](O)[C@H](O)[C@H]4O)[C@@H](O[C@@H]4O[C@H](CO)[C@@H](O)[C@H](O)[C@H]4O)[C@H](O)[C@H]3O)OC[C@@H](O)[C@@H]2O)[C@H](O)[C@@H](O)[C@H]1O. The number of aliphatic hydroxyl groups is 21. The summed E-state index contributed by atoms with van der Waals surface area (Å²) in [6.07, 6.45) is -63.8. The summed E-state index contributed by atoms with van der Waals surface area (Å²) in [5, 5.41) is 222. The first-order valence-electron chi connectivity index (χ1n) is 23.5. The molecule has 0 amide bonds. The third-order valence-electron chi connectivity index (χ3n) is 13.7. The maximum absolute atomic E-state index is 11.8. The summed E-state index contributed by atoms with van der Waals surface area (Å²) >= 11 is 0. The number of ether oxygens (including phenoxy) is 13. The molecule has 74 heavy (non-hydrogen) atoms. The lowest BCUT2D eigenvalue weighted by Gasteiger charge is -2.49. The van der Waals surface area contributed by atoms with Gasteiger partial charge in [-0.3, -0.25) is 0 Å². The minimum Gasteiger partial charge on any atom is -0.394 e. The Hall–Kier alpha value is -1.36. The molecule has 7 heterocycles. The topological polar surface area (TPSA) is 545 Å². The largest absolute Gasteiger partial charge is 0.394 e. The van der Waals surface area contributed by atoms with Crippen LogP contribution in [0.1, 0.15) is 0 Å². The first-order chi connectivity index (χ1) is 35.0. The Labute approximate surface area is 417 Å². The molecule has 0 radical (unpaired) electrons. The predicted molar refractivity (Wildman–Crippen MR) is 220 cm³/mol. The highest BCUT2D eigenvalue weighted by Gasteiger charge is 2.57. The zero-order valence-corrected chi connectivity index (χ0v) is 38.7. The van der Waals surface area contributed by atoms with Crippen LogP contribution in [-0.2, 0) is 61.6 Å². The molecule has 0 aliphatic carbocycles. The third-order valence-corrected chi connectivity index (χ3v) is 13.7. The number of hydrogen-bond donors (Lipinski definition) is 21. The van der Waals surface area contributed by atoms with E-state index in [2.05, 4.69) is 0 Å². The standard InChI is InChI=1S/C40H68O34/c41-1-10-17(48)19(50)26(57)36(67-10)72-31-13(6-64-35-25(56)15(46)8(44)4-62-35)69-39(29(60)23(31)54)73-32-14(70-38(28(59)22(32)53)71-30-12(3-43)66-34(61)24(55)21(30)52)7-65-40-33(16(47)9(45)5-63-40)74-37-27(58)20(51)18(49)11(2-42)68-37/h8-61H,1-7H2/t8-,9-,10-,11-,12-,13-,14-,15+,16+,17-,18+,19+,20+,21-,22-,23-,24-,25-,26-,27-,28-,29-,30-,31-,32-,33-,34?,35-,36+,37+,38+,39+,40-/m1/s1. The van der Waals surface area contributed by atoms with Crippen molar-refractivity contribution < 1.29 is 169 Å². The second kappa shape index (κ2) is 25.8. The van der Waals surface area contributed by atoms with E-state index in [4.69, 9.17) is 61.6 Å². The summed E-state index contributed by atoms with van der Waals surface area (Å²) in [5.74, 6) is 0. The van der Waals surface area contributed by atoms with E-state index in [1.807, 2.05) is 0 Å². The minimum atomic E-state index is -2.31. The minimum absolute atomic E-state index is 0.551. The zero-order valence-electron chi connectivity index (χ0n) is 38.7. The van der Waals surface area contributed by atoms with Crippen molar-refractivity contribution in [2.24, 2.45) is 0 Å². The Bertz CT molecular complexity index is 1710. The van der Waals surface area contributed by atoms with Crippen molar-refractivity contribution in [1.82, 2.24) is 0 Å². The molecule has 7 aliphatic rings. The Morgan fingerprint density at radius 3 is 1.07 bits per heavy atom. The maximum atomic E-state index is 11.8. The molecule has 34 heteroatoms. The van der Waals surface area contributed by atoms with Crippen LogP contribution in [0.15, 0.2) is 0 Å². The summed E-state index contributed by atoms with van der Waals surface area (Å²) < 4.78 is 73.3. The Kier molecular flexibility index (Phi) is 21.0. The fourth-order valence-corrected chi connectivity index (χ4v) is 9.21. The van der Waals surface area contributed by atoms with Gasteiger partial charge >= 0.3 is 0 Å². The average Bonchev–Trinajstić information content (AvgIpc) is 3.38. The fraction of sp³-hybridized carbons (Fsp3) is 1.00. The van der Waals surface area contributed by atoms with Gasteiger partial charge in [-0.15, -0.1) is 0 Å². The van der Waals surface area contributed by atoms with Crippen LogP contribution < -0.4 is 0 Å². The van der Waals surface area contributed by atoms with Gasteiger partial charge in [0.15, 0.2) is 44.0 Å². The summed E-state index contributed by atoms with van der Waals surface area (Å²) in [6, 6.07) is 0. The lowest BCUT2D eigenvalue weighted by atomic mass is 9.95. The van der Waals surface area contributed by atoms with E-state index in [9.17, 15) is 107 Å². The van der Waals surface area contributed by atoms with Crippen LogP contribution in [0.4, 0.5) is 0 Å². The van der Waals surface area contributed by atoms with E-state index in [0.29, 0.717) is 0 Å². The fourth-order valence-electron chi connectivity index (χ4n) is 9.21. The Morgan fingerprint density at radius 2 is 0.622 bits per heavy atom. The molecule has 7 aliphatic heterocycles. The molecule has 0 aromatic heterocycles. The highest BCUT2D eigenvalue weighted by Crippen LogP contribution is 2.36. The second-order valence-corrected chi connectivity index (χ2v) is 18.8. The number of aliphatic hydroxyl groups excluding tert-OH is 21. The van der Waals surface area contributed by atoms with Gasteiger partial charge in [0, 0.05) is 0 Å². The summed E-state index contributed by atoms with van der Waals surface area (Å²) in [5.41, 5.74) is 0. The smallest absolute Gasteiger partial charge is 0.187 e. The predicted octanol–water partition coefficient (Wildman–Crippen LogP) is -15.0. The van der Waals surface area contributed by atoms with Crippen LogP contribution in [0, 0.1) is 0 Å². The van der Waals surface area contributed by atoms with E-state index in [1.165, 1.54) is 0 Å². The van der Waals surface area contributed by atoms with Crippen LogP contribution in [0.2, 0.25) is 0 Å². The van der Waals surface area contributed by atoms with Crippen molar-refractivity contribution in [3.8, 4) is 0 Å². The molecular formula is C40H68O34. The molecule has 21 N–H and O–H groups in total. The van der Waals surface area contributed by atoms with E-state index in [1.54, 1.807) is 0 Å². The van der Waals surface area contributed by atoms with Gasteiger partial charge in [-0.25, -0.2) is 0 Å². The summed E-state index contributed by atoms with van der Waals surface area (Å²) in [4.78, 5) is 0. The Morgan fingerprint density at radius 1 is 0.284 bits per heavy atom.